The van der Waals surface area contributed by atoms with E-state index in [9.17, 15) is 9.90 Å². The molecule has 3 heteroatoms. The zero-order valence-electron chi connectivity index (χ0n) is 11.1. The van der Waals surface area contributed by atoms with E-state index in [1.54, 1.807) is 13.8 Å². The van der Waals surface area contributed by atoms with E-state index in [2.05, 4.69) is 11.6 Å². The average molecular weight is 225 g/mol. The quantitative estimate of drug-likeness (QED) is 0.769. The number of aromatic nitrogens is 1. The predicted octanol–water partition coefficient (Wildman–Crippen LogP) is 3.39. The Hall–Kier alpha value is -1.51. The van der Waals surface area contributed by atoms with E-state index in [0.717, 1.165) is 0 Å². The fraction of sp³-hybridized carbons (Fsp3) is 0.462. The second-order valence-electron chi connectivity index (χ2n) is 2.67. The Morgan fingerprint density at radius 3 is 2.00 bits per heavy atom. The maximum absolute atomic E-state index is 11.1. The van der Waals surface area contributed by atoms with Gasteiger partial charge in [-0.25, -0.2) is 0 Å². The van der Waals surface area contributed by atoms with Crippen molar-refractivity contribution in [3.8, 4) is 5.75 Å². The summed E-state index contributed by atoms with van der Waals surface area (Å²) in [5.74, 6) is 0.0197. The molecule has 0 aliphatic carbocycles. The Kier molecular flexibility index (Phi) is 9.27. The van der Waals surface area contributed by atoms with Crippen molar-refractivity contribution in [2.45, 2.75) is 41.5 Å². The highest BCUT2D eigenvalue weighted by Crippen LogP contribution is 2.21. The Labute approximate surface area is 97.8 Å². The fourth-order valence-electron chi connectivity index (χ4n) is 1.07. The van der Waals surface area contributed by atoms with Crippen LogP contribution in [0.15, 0.2) is 11.4 Å². The van der Waals surface area contributed by atoms with Crippen LogP contribution in [-0.2, 0) is 0 Å². The number of hydrogen-bond acceptors (Lipinski definition) is 2. The summed E-state index contributed by atoms with van der Waals surface area (Å²) in [6.45, 7) is 14.8. The topological polar surface area (TPSA) is 53.1 Å². The van der Waals surface area contributed by atoms with Gasteiger partial charge in [-0.3, -0.25) is 4.79 Å². The largest absolute Gasteiger partial charge is 0.507 e. The van der Waals surface area contributed by atoms with Gasteiger partial charge in [0.1, 0.15) is 5.75 Å². The van der Waals surface area contributed by atoms with Gasteiger partial charge in [0.25, 0.3) is 5.56 Å². The van der Waals surface area contributed by atoms with Gasteiger partial charge in [0.05, 0.1) is 5.56 Å². The zero-order valence-corrected chi connectivity index (χ0v) is 11.1. The van der Waals surface area contributed by atoms with Gasteiger partial charge in [-0.05, 0) is 13.8 Å². The average Bonchev–Trinajstić information content (AvgIpc) is 2.32. The Morgan fingerprint density at radius 1 is 1.19 bits per heavy atom. The van der Waals surface area contributed by atoms with Crippen molar-refractivity contribution in [1.29, 1.82) is 0 Å². The van der Waals surface area contributed by atoms with Crippen molar-refractivity contribution < 1.29 is 5.11 Å². The number of aromatic amines is 1. The molecule has 1 aromatic heterocycles. The van der Waals surface area contributed by atoms with Crippen LogP contribution in [0.4, 0.5) is 0 Å². The van der Waals surface area contributed by atoms with Crippen LogP contribution in [0.1, 0.15) is 44.5 Å². The molecule has 92 valence electrons. The number of aromatic hydroxyl groups is 1. The molecular weight excluding hydrogens is 202 g/mol. The highest BCUT2D eigenvalue weighted by atomic mass is 16.3. The number of H-pyrrole nitrogens is 1. The first-order chi connectivity index (χ1) is 7.57. The van der Waals surface area contributed by atoms with Crippen LogP contribution >= 0.6 is 0 Å². The molecular formula is C13H23NO2. The smallest absolute Gasteiger partial charge is 0.254 e. The molecule has 0 aliphatic rings. The first-order valence-corrected chi connectivity index (χ1v) is 5.62. The highest BCUT2D eigenvalue weighted by molar-refractivity contribution is 5.59. The van der Waals surface area contributed by atoms with E-state index < -0.39 is 0 Å². The molecule has 0 unspecified atom stereocenters. The molecule has 0 saturated heterocycles. The number of rotatable bonds is 1. The Morgan fingerprint density at radius 2 is 1.62 bits per heavy atom. The normalized spacial score (nSPS) is 8.12. The van der Waals surface area contributed by atoms with Crippen LogP contribution in [0.25, 0.3) is 6.08 Å². The van der Waals surface area contributed by atoms with Gasteiger partial charge < -0.3 is 10.1 Å². The van der Waals surface area contributed by atoms with Crippen LogP contribution in [0, 0.1) is 13.8 Å². The molecule has 16 heavy (non-hydrogen) atoms. The predicted molar refractivity (Wildman–Crippen MR) is 71.0 cm³/mol. The lowest BCUT2D eigenvalue weighted by Gasteiger charge is -2.05. The van der Waals surface area contributed by atoms with Crippen molar-refractivity contribution in [2.75, 3.05) is 0 Å². The van der Waals surface area contributed by atoms with Crippen molar-refractivity contribution in [1.82, 2.24) is 4.98 Å². The number of hydrogen-bond donors (Lipinski definition) is 2. The Bertz CT molecular complexity index is 378. The van der Waals surface area contributed by atoms with Crippen LogP contribution in [0.3, 0.4) is 0 Å². The molecule has 1 aromatic rings. The second-order valence-corrected chi connectivity index (χ2v) is 2.67. The maximum atomic E-state index is 11.1. The van der Waals surface area contributed by atoms with Gasteiger partial charge in [0, 0.05) is 11.3 Å². The Balaban J connectivity index is 0. The second kappa shape index (κ2) is 8.77. The van der Waals surface area contributed by atoms with Gasteiger partial charge in [-0.1, -0.05) is 40.3 Å². The molecule has 0 aliphatic heterocycles. The first kappa shape index (κ1) is 16.9. The number of nitrogens with one attached hydrogen (secondary N) is 1. The molecule has 2 N–H and O–H groups in total. The van der Waals surface area contributed by atoms with Crippen molar-refractivity contribution in [3.05, 3.63) is 33.8 Å². The van der Waals surface area contributed by atoms with Crippen molar-refractivity contribution >= 4 is 6.08 Å². The van der Waals surface area contributed by atoms with Gasteiger partial charge in [0.2, 0.25) is 0 Å². The van der Waals surface area contributed by atoms with Gasteiger partial charge >= 0.3 is 0 Å². The molecule has 0 spiro atoms. The van der Waals surface area contributed by atoms with E-state index in [1.165, 1.54) is 6.08 Å². The van der Waals surface area contributed by atoms with Crippen LogP contribution in [0.2, 0.25) is 0 Å². The SMILES string of the molecule is C=Cc1c(C)[nH]c(=O)c(C)c1O.CC.CC. The monoisotopic (exact) mass is 225 g/mol. The summed E-state index contributed by atoms with van der Waals surface area (Å²) in [5.41, 5.74) is 1.30. The van der Waals surface area contributed by atoms with Crippen molar-refractivity contribution in [2.24, 2.45) is 0 Å². The van der Waals surface area contributed by atoms with E-state index in [-0.39, 0.29) is 11.3 Å². The minimum Gasteiger partial charge on any atom is -0.507 e. The lowest BCUT2D eigenvalue weighted by Crippen LogP contribution is -2.11. The van der Waals surface area contributed by atoms with Crippen molar-refractivity contribution in [3.63, 3.8) is 0 Å². The lowest BCUT2D eigenvalue weighted by molar-refractivity contribution is 0.467. The van der Waals surface area contributed by atoms with E-state index in [1.807, 2.05) is 27.7 Å². The third-order valence-corrected chi connectivity index (χ3v) is 1.86. The highest BCUT2D eigenvalue weighted by Gasteiger charge is 2.07. The van der Waals surface area contributed by atoms with Gasteiger partial charge in [0.15, 0.2) is 0 Å². The minimum absolute atomic E-state index is 0.0197. The van der Waals surface area contributed by atoms with Crippen LogP contribution in [0.5, 0.6) is 5.75 Å². The summed E-state index contributed by atoms with van der Waals surface area (Å²) < 4.78 is 0. The molecule has 0 bridgehead atoms. The van der Waals surface area contributed by atoms with Gasteiger partial charge in [-0.15, -0.1) is 0 Å². The minimum atomic E-state index is -0.254. The summed E-state index contributed by atoms with van der Waals surface area (Å²) in [6, 6.07) is 0. The summed E-state index contributed by atoms with van der Waals surface area (Å²) >= 11 is 0. The lowest BCUT2D eigenvalue weighted by atomic mass is 10.1. The third-order valence-electron chi connectivity index (χ3n) is 1.86. The number of aryl methyl sites for hydroxylation is 1. The summed E-state index contributed by atoms with van der Waals surface area (Å²) in [5, 5.41) is 9.47. The molecule has 0 atom stereocenters. The summed E-state index contributed by atoms with van der Waals surface area (Å²) in [4.78, 5) is 13.7. The molecule has 0 amide bonds. The van der Waals surface area contributed by atoms with E-state index in [0.29, 0.717) is 16.8 Å². The summed E-state index contributed by atoms with van der Waals surface area (Å²) in [6.07, 6.45) is 1.52. The summed E-state index contributed by atoms with van der Waals surface area (Å²) in [7, 11) is 0. The standard InChI is InChI=1S/C9H11NO2.2C2H6/c1-4-7-6(3)10-9(12)5(2)8(7)11;2*1-2/h4H,1H2,2-3H3,(H2,10,11,12);2*1-2H3. The molecule has 0 aromatic carbocycles. The zero-order chi connectivity index (χ0) is 13.3. The number of pyridine rings is 1. The van der Waals surface area contributed by atoms with Crippen LogP contribution < -0.4 is 5.56 Å². The molecule has 0 fully saturated rings. The molecule has 0 radical (unpaired) electrons. The maximum Gasteiger partial charge on any atom is 0.254 e. The molecule has 0 saturated carbocycles. The van der Waals surface area contributed by atoms with E-state index >= 15 is 0 Å². The van der Waals surface area contributed by atoms with E-state index in [4.69, 9.17) is 0 Å². The fourth-order valence-corrected chi connectivity index (χ4v) is 1.07. The molecule has 3 nitrogen and oxygen atoms in total. The van der Waals surface area contributed by atoms with Gasteiger partial charge in [-0.2, -0.15) is 0 Å². The van der Waals surface area contributed by atoms with Crippen LogP contribution in [-0.4, -0.2) is 10.1 Å². The third kappa shape index (κ3) is 3.93. The molecule has 1 rings (SSSR count). The first-order valence-electron chi connectivity index (χ1n) is 5.62. The molecule has 1 heterocycles.